The molecule has 0 radical (unpaired) electrons. The Morgan fingerprint density at radius 1 is 0.842 bits per heavy atom. The lowest BCUT2D eigenvalue weighted by Crippen LogP contribution is -2.46. The number of piperidine rings is 1. The first-order chi connectivity index (χ1) is 17.2. The number of ether oxygens (including phenoxy) is 1. The van der Waals surface area contributed by atoms with Crippen molar-refractivity contribution >= 4 is 65.4 Å². The van der Waals surface area contributed by atoms with Crippen LogP contribution < -0.4 is 9.64 Å². The molecule has 0 saturated carbocycles. The van der Waals surface area contributed by atoms with Gasteiger partial charge in [-0.15, -0.1) is 37.2 Å². The van der Waals surface area contributed by atoms with Crippen LogP contribution >= 0.6 is 48.8 Å². The van der Waals surface area contributed by atoms with Crippen LogP contribution in [0.3, 0.4) is 0 Å². The summed E-state index contributed by atoms with van der Waals surface area (Å²) in [6.07, 6.45) is 8.67. The molecule has 2 aliphatic rings. The first-order valence-electron chi connectivity index (χ1n) is 13.3. The molecule has 212 valence electrons. The van der Waals surface area contributed by atoms with Gasteiger partial charge in [-0.25, -0.2) is 0 Å². The highest BCUT2D eigenvalue weighted by atomic mass is 35.5. The summed E-state index contributed by atoms with van der Waals surface area (Å²) < 4.78 is 5.55. The van der Waals surface area contributed by atoms with Crippen molar-refractivity contribution in [1.29, 1.82) is 0 Å². The smallest absolute Gasteiger partial charge is 0.142 e. The molecule has 3 heterocycles. The lowest BCUT2D eigenvalue weighted by atomic mass is 9.89. The molecule has 2 fully saturated rings. The first kappa shape index (κ1) is 32.9. The summed E-state index contributed by atoms with van der Waals surface area (Å²) in [6, 6.07) is 14.6. The van der Waals surface area contributed by atoms with E-state index in [4.69, 9.17) is 16.3 Å². The Kier molecular flexibility index (Phi) is 13.9. The van der Waals surface area contributed by atoms with Gasteiger partial charge in [-0.05, 0) is 87.6 Å². The molecule has 9 heteroatoms. The summed E-state index contributed by atoms with van der Waals surface area (Å²) in [5, 5.41) is 2.15. The van der Waals surface area contributed by atoms with Crippen LogP contribution in [0.5, 0.6) is 5.75 Å². The average molecular weight is 604 g/mol. The summed E-state index contributed by atoms with van der Waals surface area (Å²) in [4.78, 5) is 11.2. The predicted molar refractivity (Wildman–Crippen MR) is 169 cm³/mol. The van der Waals surface area contributed by atoms with Gasteiger partial charge in [0.05, 0.1) is 12.8 Å². The number of H-pyrrole nitrogens is 1. The summed E-state index contributed by atoms with van der Waals surface area (Å²) in [5.74, 6) is 1.65. The van der Waals surface area contributed by atoms with Gasteiger partial charge < -0.3 is 19.5 Å². The van der Waals surface area contributed by atoms with Crippen molar-refractivity contribution < 1.29 is 4.74 Å². The summed E-state index contributed by atoms with van der Waals surface area (Å²) in [5.41, 5.74) is 3.87. The van der Waals surface area contributed by atoms with Gasteiger partial charge in [0, 0.05) is 48.3 Å². The van der Waals surface area contributed by atoms with Gasteiger partial charge in [0.15, 0.2) is 0 Å². The van der Waals surface area contributed by atoms with Crippen molar-refractivity contribution in [3.8, 4) is 5.75 Å². The Hall–Kier alpha value is -1.34. The minimum Gasteiger partial charge on any atom is -0.495 e. The number of piperazine rings is 1. The maximum Gasteiger partial charge on any atom is 0.142 e. The Bertz CT molecular complexity index is 1100. The number of nitrogens with one attached hydrogen (secondary N) is 1. The second-order valence-electron chi connectivity index (χ2n) is 10.1. The van der Waals surface area contributed by atoms with Gasteiger partial charge in [0.25, 0.3) is 0 Å². The highest BCUT2D eigenvalue weighted by Crippen LogP contribution is 2.34. The maximum atomic E-state index is 6.15. The van der Waals surface area contributed by atoms with Crippen LogP contribution in [-0.2, 0) is 0 Å². The number of unbranched alkanes of at least 4 members (excludes halogenated alkanes) is 2. The molecule has 5 rings (SSSR count). The maximum absolute atomic E-state index is 6.15. The van der Waals surface area contributed by atoms with E-state index in [2.05, 4.69) is 50.1 Å². The number of hydrogen-bond acceptors (Lipinski definition) is 4. The number of likely N-dealkylation sites (tertiary alicyclic amines) is 1. The molecule has 1 N–H and O–H groups in total. The second kappa shape index (κ2) is 16.1. The fourth-order valence-corrected chi connectivity index (χ4v) is 6.05. The minimum absolute atomic E-state index is 0. The Labute approximate surface area is 251 Å². The number of aromatic nitrogens is 1. The Balaban J connectivity index is 0.00000169. The molecule has 3 aromatic rings. The number of rotatable bonds is 9. The van der Waals surface area contributed by atoms with Crippen molar-refractivity contribution in [2.24, 2.45) is 0 Å². The Morgan fingerprint density at radius 3 is 2.18 bits per heavy atom. The molecule has 0 spiro atoms. The highest BCUT2D eigenvalue weighted by molar-refractivity contribution is 6.31. The third kappa shape index (κ3) is 8.09. The average Bonchev–Trinajstić information content (AvgIpc) is 3.32. The Morgan fingerprint density at radius 2 is 1.50 bits per heavy atom. The van der Waals surface area contributed by atoms with Gasteiger partial charge >= 0.3 is 0 Å². The molecule has 0 unspecified atom stereocenters. The molecule has 0 atom stereocenters. The molecule has 5 nitrogen and oxygen atoms in total. The first-order valence-corrected chi connectivity index (χ1v) is 13.7. The predicted octanol–water partition coefficient (Wildman–Crippen LogP) is 7.27. The highest BCUT2D eigenvalue weighted by Gasteiger charge is 2.23. The van der Waals surface area contributed by atoms with Crippen molar-refractivity contribution in [1.82, 2.24) is 14.8 Å². The summed E-state index contributed by atoms with van der Waals surface area (Å²) in [6.45, 7) is 9.37. The van der Waals surface area contributed by atoms with Crippen LogP contribution in [-0.4, -0.2) is 74.3 Å². The van der Waals surface area contributed by atoms with Gasteiger partial charge in [-0.1, -0.05) is 36.2 Å². The number of hydrogen-bond donors (Lipinski definition) is 1. The number of aromatic amines is 1. The third-order valence-corrected chi connectivity index (χ3v) is 8.19. The largest absolute Gasteiger partial charge is 0.495 e. The normalized spacial score (nSPS) is 16.9. The number of anilines is 1. The lowest BCUT2D eigenvalue weighted by molar-refractivity contribution is 0.205. The van der Waals surface area contributed by atoms with Gasteiger partial charge in [-0.3, -0.25) is 4.90 Å². The zero-order chi connectivity index (χ0) is 24.0. The topological polar surface area (TPSA) is 34.7 Å². The van der Waals surface area contributed by atoms with Crippen molar-refractivity contribution in [3.63, 3.8) is 0 Å². The van der Waals surface area contributed by atoms with Crippen LogP contribution in [0.2, 0.25) is 5.02 Å². The van der Waals surface area contributed by atoms with Crippen molar-refractivity contribution in [2.45, 2.75) is 38.0 Å². The van der Waals surface area contributed by atoms with Crippen LogP contribution in [0.4, 0.5) is 5.69 Å². The molecule has 2 aromatic carbocycles. The molecule has 0 amide bonds. The third-order valence-electron chi connectivity index (χ3n) is 7.95. The SMILES string of the molecule is COc1ccccc1N1CCN(CCCCCN2CCC(c3c[nH]c4cc(Cl)ccc34)CC2)CC1.Cl.Cl.Cl. The van der Waals surface area contributed by atoms with Crippen molar-refractivity contribution in [2.75, 3.05) is 64.4 Å². The van der Waals surface area contributed by atoms with Gasteiger partial charge in [0.1, 0.15) is 5.75 Å². The molecule has 2 aliphatic heterocycles. The van der Waals surface area contributed by atoms with Crippen LogP contribution in [0.1, 0.15) is 43.6 Å². The van der Waals surface area contributed by atoms with E-state index in [9.17, 15) is 0 Å². The van der Waals surface area contributed by atoms with Gasteiger partial charge in [0.2, 0.25) is 0 Å². The zero-order valence-corrected chi connectivity index (χ0v) is 25.4. The van der Waals surface area contributed by atoms with Gasteiger partial charge in [-0.2, -0.15) is 0 Å². The number of benzene rings is 2. The quantitative estimate of drug-likeness (QED) is 0.261. The number of methoxy groups -OCH3 is 1. The molecule has 1 aromatic heterocycles. The van der Waals surface area contributed by atoms with E-state index in [1.807, 2.05) is 18.2 Å². The number of fused-ring (bicyclic) bond motifs is 1. The number of para-hydroxylation sites is 2. The molecule has 0 aliphatic carbocycles. The van der Waals surface area contributed by atoms with E-state index in [1.54, 1.807) is 7.11 Å². The lowest BCUT2D eigenvalue weighted by Gasteiger charge is -2.36. The molecular weight excluding hydrogens is 562 g/mol. The number of halogens is 4. The van der Waals surface area contributed by atoms with Crippen molar-refractivity contribution in [3.05, 3.63) is 59.2 Å². The molecule has 0 bridgehead atoms. The van der Waals surface area contributed by atoms with E-state index in [-0.39, 0.29) is 37.2 Å². The molecular formula is C29H42Cl4N4O. The van der Waals surface area contributed by atoms with E-state index >= 15 is 0 Å². The van der Waals surface area contributed by atoms with E-state index in [0.29, 0.717) is 5.92 Å². The van der Waals surface area contributed by atoms with E-state index in [0.717, 1.165) is 42.5 Å². The summed E-state index contributed by atoms with van der Waals surface area (Å²) >= 11 is 6.15. The molecule has 38 heavy (non-hydrogen) atoms. The fourth-order valence-electron chi connectivity index (χ4n) is 5.88. The monoisotopic (exact) mass is 602 g/mol. The van der Waals surface area contributed by atoms with E-state index in [1.165, 1.54) is 74.9 Å². The van der Waals surface area contributed by atoms with Crippen LogP contribution in [0.15, 0.2) is 48.7 Å². The minimum atomic E-state index is 0. The standard InChI is InChI=1S/C29H39ClN4O.3ClH/c1-35-29-8-4-3-7-28(29)34-19-17-33(18-20-34)14-6-2-5-13-32-15-11-23(12-16-32)26-22-31-27-21-24(30)9-10-25(26)27;;;/h3-4,7-10,21-23,31H,2,5-6,11-20H2,1H3;3*1H. The number of nitrogens with zero attached hydrogens (tertiary/aromatic N) is 3. The fraction of sp³-hybridized carbons (Fsp3) is 0.517. The zero-order valence-electron chi connectivity index (χ0n) is 22.2. The molecule has 2 saturated heterocycles. The van der Waals surface area contributed by atoms with Crippen LogP contribution in [0, 0.1) is 0 Å². The summed E-state index contributed by atoms with van der Waals surface area (Å²) in [7, 11) is 1.76. The van der Waals surface area contributed by atoms with E-state index < -0.39 is 0 Å². The second-order valence-corrected chi connectivity index (χ2v) is 10.5. The van der Waals surface area contributed by atoms with Crippen LogP contribution in [0.25, 0.3) is 10.9 Å².